The van der Waals surface area contributed by atoms with Crippen molar-refractivity contribution < 1.29 is 9.32 Å². The number of benzene rings is 1. The third-order valence-corrected chi connectivity index (χ3v) is 4.92. The molecule has 136 valence electrons. The van der Waals surface area contributed by atoms with Crippen LogP contribution in [0.25, 0.3) is 21.6 Å². The van der Waals surface area contributed by atoms with Crippen LogP contribution in [0.5, 0.6) is 0 Å². The maximum absolute atomic E-state index is 12.5. The summed E-state index contributed by atoms with van der Waals surface area (Å²) in [5, 5.41) is 7.89. The lowest BCUT2D eigenvalue weighted by Crippen LogP contribution is -2.30. The van der Waals surface area contributed by atoms with Crippen molar-refractivity contribution in [3.63, 3.8) is 0 Å². The van der Waals surface area contributed by atoms with E-state index in [9.17, 15) is 4.79 Å². The number of hydrogen-bond donors (Lipinski definition) is 1. The smallest absolute Gasteiger partial charge is 0.321 e. The van der Waals surface area contributed by atoms with Crippen LogP contribution < -0.4 is 5.32 Å². The van der Waals surface area contributed by atoms with Crippen LogP contribution in [0.4, 0.5) is 10.5 Å². The van der Waals surface area contributed by atoms with Gasteiger partial charge in [-0.1, -0.05) is 11.2 Å². The first-order valence-electron chi connectivity index (χ1n) is 8.35. The molecule has 8 heteroatoms. The number of pyridine rings is 1. The summed E-state index contributed by atoms with van der Waals surface area (Å²) in [7, 11) is 1.70. The number of amides is 2. The summed E-state index contributed by atoms with van der Waals surface area (Å²) in [6.07, 6.45) is 1.70. The van der Waals surface area contributed by atoms with Crippen LogP contribution in [0, 0.1) is 6.92 Å². The summed E-state index contributed by atoms with van der Waals surface area (Å²) in [6, 6.07) is 12.8. The summed E-state index contributed by atoms with van der Waals surface area (Å²) in [6.45, 7) is 2.26. The number of fused-ring (bicyclic) bond motifs is 1. The Balaban J connectivity index is 1.42. The van der Waals surface area contributed by atoms with Crippen molar-refractivity contribution in [3.8, 4) is 11.4 Å². The molecule has 0 bridgehead atoms. The molecule has 0 aliphatic carbocycles. The fourth-order valence-corrected chi connectivity index (χ4v) is 3.47. The predicted octanol–water partition coefficient (Wildman–Crippen LogP) is 4.32. The van der Waals surface area contributed by atoms with Gasteiger partial charge in [-0.2, -0.15) is 0 Å². The molecule has 4 aromatic rings. The van der Waals surface area contributed by atoms with Gasteiger partial charge in [0.15, 0.2) is 5.76 Å². The van der Waals surface area contributed by atoms with Crippen molar-refractivity contribution >= 4 is 33.3 Å². The molecule has 0 spiro atoms. The molecule has 1 N–H and O–H groups in total. The van der Waals surface area contributed by atoms with E-state index in [-0.39, 0.29) is 6.03 Å². The van der Waals surface area contributed by atoms with Gasteiger partial charge in [0.25, 0.3) is 0 Å². The zero-order chi connectivity index (χ0) is 18.8. The first-order chi connectivity index (χ1) is 13.1. The molecule has 0 aliphatic heterocycles. The molecule has 3 aromatic heterocycles. The van der Waals surface area contributed by atoms with Crippen molar-refractivity contribution in [2.24, 2.45) is 0 Å². The van der Waals surface area contributed by atoms with E-state index >= 15 is 0 Å². The maximum atomic E-state index is 12.5. The number of rotatable bonds is 4. The molecular formula is C19H17N5O2S. The summed E-state index contributed by atoms with van der Waals surface area (Å²) in [5.41, 5.74) is 2.96. The Bertz CT molecular complexity index is 1090. The number of nitrogens with zero attached hydrogens (tertiary/aromatic N) is 4. The highest BCUT2D eigenvalue weighted by Crippen LogP contribution is 2.24. The molecule has 0 fully saturated rings. The second kappa shape index (κ2) is 7.16. The summed E-state index contributed by atoms with van der Waals surface area (Å²) < 4.78 is 6.43. The van der Waals surface area contributed by atoms with Crippen molar-refractivity contribution in [2.45, 2.75) is 13.5 Å². The maximum Gasteiger partial charge on any atom is 0.321 e. The van der Waals surface area contributed by atoms with E-state index in [0.717, 1.165) is 20.9 Å². The Labute approximate surface area is 159 Å². The summed E-state index contributed by atoms with van der Waals surface area (Å²) in [5.74, 6) is 0.582. The predicted molar refractivity (Wildman–Crippen MR) is 105 cm³/mol. The van der Waals surface area contributed by atoms with Gasteiger partial charge in [-0.3, -0.25) is 4.98 Å². The Morgan fingerprint density at radius 2 is 2.11 bits per heavy atom. The molecule has 0 unspecified atom stereocenters. The van der Waals surface area contributed by atoms with Gasteiger partial charge in [0, 0.05) is 25.0 Å². The van der Waals surface area contributed by atoms with Crippen molar-refractivity contribution in [1.82, 2.24) is 20.0 Å². The first kappa shape index (κ1) is 17.2. The fourth-order valence-electron chi connectivity index (χ4n) is 2.67. The minimum absolute atomic E-state index is 0.239. The van der Waals surface area contributed by atoms with E-state index in [2.05, 4.69) is 20.4 Å². The molecule has 4 rings (SSSR count). The molecule has 2 amide bonds. The molecule has 0 aliphatic rings. The van der Waals surface area contributed by atoms with Crippen LogP contribution in [-0.4, -0.2) is 33.1 Å². The molecule has 3 heterocycles. The van der Waals surface area contributed by atoms with Crippen molar-refractivity contribution in [2.75, 3.05) is 12.4 Å². The van der Waals surface area contributed by atoms with E-state index in [1.165, 1.54) is 4.90 Å². The van der Waals surface area contributed by atoms with Gasteiger partial charge in [0.05, 0.1) is 27.5 Å². The van der Waals surface area contributed by atoms with E-state index in [1.54, 1.807) is 30.6 Å². The number of carbonyl (C=O) groups excluding carboxylic acids is 1. The molecule has 0 radical (unpaired) electrons. The highest BCUT2D eigenvalue weighted by Gasteiger charge is 2.14. The monoisotopic (exact) mass is 379 g/mol. The molecule has 0 saturated carbocycles. The molecular weight excluding hydrogens is 362 g/mol. The van der Waals surface area contributed by atoms with E-state index in [4.69, 9.17) is 4.52 Å². The number of thiazole rings is 1. The second-order valence-corrected chi connectivity index (χ2v) is 7.33. The minimum Gasteiger partial charge on any atom is -0.359 e. The number of aryl methyl sites for hydroxylation is 1. The largest absolute Gasteiger partial charge is 0.359 e. The first-order valence-corrected chi connectivity index (χ1v) is 9.16. The SMILES string of the molecule is Cc1nc2cc(NC(=O)N(C)Cc3cc(-c4ccccn4)no3)ccc2s1. The van der Waals surface area contributed by atoms with Gasteiger partial charge in [0.1, 0.15) is 5.69 Å². The van der Waals surface area contributed by atoms with Crippen LogP contribution >= 0.6 is 11.3 Å². The summed E-state index contributed by atoms with van der Waals surface area (Å²) >= 11 is 1.63. The quantitative estimate of drug-likeness (QED) is 0.571. The van der Waals surface area contributed by atoms with E-state index in [0.29, 0.717) is 23.7 Å². The fraction of sp³-hybridized carbons (Fsp3) is 0.158. The average molecular weight is 379 g/mol. The van der Waals surface area contributed by atoms with Gasteiger partial charge in [0.2, 0.25) is 0 Å². The number of hydrogen-bond acceptors (Lipinski definition) is 6. The van der Waals surface area contributed by atoms with Gasteiger partial charge < -0.3 is 14.7 Å². The van der Waals surface area contributed by atoms with Gasteiger partial charge in [-0.05, 0) is 37.3 Å². The Morgan fingerprint density at radius 3 is 2.93 bits per heavy atom. The van der Waals surface area contributed by atoms with Crippen LogP contribution in [0.1, 0.15) is 10.8 Å². The zero-order valence-electron chi connectivity index (χ0n) is 14.8. The van der Waals surface area contributed by atoms with Crippen molar-refractivity contribution in [1.29, 1.82) is 0 Å². The summed E-state index contributed by atoms with van der Waals surface area (Å²) in [4.78, 5) is 22.7. The number of nitrogens with one attached hydrogen (secondary N) is 1. The highest BCUT2D eigenvalue weighted by atomic mass is 32.1. The van der Waals surface area contributed by atoms with Crippen LogP contribution in [-0.2, 0) is 6.54 Å². The molecule has 0 saturated heterocycles. The number of carbonyl (C=O) groups is 1. The Hall–Kier alpha value is -3.26. The van der Waals surface area contributed by atoms with Crippen LogP contribution in [0.15, 0.2) is 53.2 Å². The lowest BCUT2D eigenvalue weighted by molar-refractivity contribution is 0.214. The third-order valence-electron chi connectivity index (χ3n) is 3.97. The lowest BCUT2D eigenvalue weighted by atomic mass is 10.2. The molecule has 0 atom stereocenters. The topological polar surface area (TPSA) is 84.2 Å². The number of anilines is 1. The minimum atomic E-state index is -0.239. The third kappa shape index (κ3) is 3.80. The Kier molecular flexibility index (Phi) is 4.55. The van der Waals surface area contributed by atoms with Gasteiger partial charge in [-0.25, -0.2) is 9.78 Å². The molecule has 7 nitrogen and oxygen atoms in total. The van der Waals surface area contributed by atoms with E-state index < -0.39 is 0 Å². The van der Waals surface area contributed by atoms with Crippen LogP contribution in [0.2, 0.25) is 0 Å². The number of aromatic nitrogens is 3. The normalized spacial score (nSPS) is 10.9. The Morgan fingerprint density at radius 1 is 1.22 bits per heavy atom. The van der Waals surface area contributed by atoms with E-state index in [1.807, 2.05) is 43.3 Å². The van der Waals surface area contributed by atoms with Gasteiger partial charge >= 0.3 is 6.03 Å². The standard InChI is InChI=1S/C19H17N5O2S/c1-12-21-17-9-13(6-7-18(17)27-12)22-19(25)24(2)11-14-10-16(23-26-14)15-5-3-4-8-20-15/h3-10H,11H2,1-2H3,(H,22,25). The molecule has 27 heavy (non-hydrogen) atoms. The lowest BCUT2D eigenvalue weighted by Gasteiger charge is -2.16. The second-order valence-electron chi connectivity index (χ2n) is 6.10. The van der Waals surface area contributed by atoms with Crippen LogP contribution in [0.3, 0.4) is 0 Å². The van der Waals surface area contributed by atoms with Crippen molar-refractivity contribution in [3.05, 3.63) is 59.4 Å². The average Bonchev–Trinajstić information content (AvgIpc) is 3.27. The number of urea groups is 1. The molecule has 1 aromatic carbocycles. The zero-order valence-corrected chi connectivity index (χ0v) is 15.7. The van der Waals surface area contributed by atoms with Gasteiger partial charge in [-0.15, -0.1) is 11.3 Å². The highest BCUT2D eigenvalue weighted by molar-refractivity contribution is 7.18.